The van der Waals surface area contributed by atoms with Gasteiger partial charge >= 0.3 is 0 Å². The summed E-state index contributed by atoms with van der Waals surface area (Å²) in [6, 6.07) is 0. The number of nitrogens with two attached hydrogens (primary N) is 3. The van der Waals surface area contributed by atoms with E-state index in [1.807, 2.05) is 0 Å². The van der Waals surface area contributed by atoms with E-state index in [9.17, 15) is 0 Å². The minimum absolute atomic E-state index is 0. The van der Waals surface area contributed by atoms with Gasteiger partial charge in [-0.3, -0.25) is 5.41 Å². The molecule has 0 rings (SSSR count). The molecule has 0 radical (unpaired) electrons. The van der Waals surface area contributed by atoms with Gasteiger partial charge in [0, 0.05) is 0 Å². The van der Waals surface area contributed by atoms with E-state index in [4.69, 9.17) is 22.6 Å². The maximum absolute atomic E-state index is 6.78. The third kappa shape index (κ3) is 14.9. The van der Waals surface area contributed by atoms with Crippen LogP contribution in [0.25, 0.3) is 0 Å². The van der Waals surface area contributed by atoms with Crippen molar-refractivity contribution >= 4 is 36.3 Å². The van der Waals surface area contributed by atoms with E-state index < -0.39 is 0 Å². The van der Waals surface area contributed by atoms with Crippen LogP contribution in [-0.4, -0.2) is 29.3 Å². The van der Waals surface area contributed by atoms with E-state index in [1.165, 1.54) is 6.21 Å². The van der Waals surface area contributed by atoms with Crippen molar-refractivity contribution in [3.63, 3.8) is 0 Å². The van der Waals surface area contributed by atoms with Gasteiger partial charge in [-0.05, 0) is 6.92 Å². The van der Waals surface area contributed by atoms with Crippen LogP contribution >= 0.6 is 12.4 Å². The van der Waals surface area contributed by atoms with Crippen LogP contribution in [0.15, 0.2) is 15.3 Å². The van der Waals surface area contributed by atoms with E-state index in [0.717, 1.165) is 0 Å². The van der Waals surface area contributed by atoms with Crippen LogP contribution in [0.4, 0.5) is 0 Å². The lowest BCUT2D eigenvalue weighted by atomic mass is 10.5. The lowest BCUT2D eigenvalue weighted by molar-refractivity contribution is 0.824. The van der Waals surface area contributed by atoms with Crippen molar-refractivity contribution in [1.29, 1.82) is 5.41 Å². The number of hydrogen-bond donors (Lipinski definition) is 5. The predicted molar refractivity (Wildman–Crippen MR) is 63.3 cm³/mol. The second kappa shape index (κ2) is 10.2. The monoisotopic (exact) mass is 238 g/mol. The van der Waals surface area contributed by atoms with Crippen LogP contribution in [0.1, 0.15) is 6.92 Å². The Hall–Kier alpha value is -1.87. The Balaban J connectivity index is -0.000000720. The summed E-state index contributed by atoms with van der Waals surface area (Å²) in [5, 5.41) is 17.2. The molecule has 9 nitrogen and oxygen atoms in total. The van der Waals surface area contributed by atoms with E-state index in [0.29, 0.717) is 5.71 Å². The highest BCUT2D eigenvalue weighted by Crippen LogP contribution is 1.72. The second-order valence-corrected chi connectivity index (χ2v) is 2.05. The lowest BCUT2D eigenvalue weighted by Crippen LogP contribution is -2.26. The van der Waals surface area contributed by atoms with Gasteiger partial charge in [0.1, 0.15) is 0 Å². The minimum Gasteiger partial charge on any atom is -0.412 e. The molecule has 0 aliphatic rings. The van der Waals surface area contributed by atoms with Gasteiger partial charge in [0.15, 0.2) is 0 Å². The van der Waals surface area contributed by atoms with Crippen LogP contribution in [-0.2, 0) is 0 Å². The second-order valence-electron chi connectivity index (χ2n) is 2.05. The zero-order valence-corrected chi connectivity index (χ0v) is 8.88. The molecule has 0 bridgehead atoms. The molecule has 0 aliphatic carbocycles. The summed E-state index contributed by atoms with van der Waals surface area (Å²) in [7, 11) is 0. The molecule has 0 fully saturated rings. The van der Waals surface area contributed by atoms with E-state index in [2.05, 4.69) is 20.7 Å². The molecule has 0 saturated heterocycles. The highest BCUT2D eigenvalue weighted by molar-refractivity contribution is 6.29. The van der Waals surface area contributed by atoms with Crippen molar-refractivity contribution in [3.8, 4) is 0 Å². The molecule has 10 heteroatoms. The van der Waals surface area contributed by atoms with Crippen LogP contribution in [0, 0.1) is 5.41 Å². The molecule has 15 heavy (non-hydrogen) atoms. The smallest absolute Gasteiger partial charge is 0.211 e. The highest BCUT2D eigenvalue weighted by Gasteiger charge is 1.85. The van der Waals surface area contributed by atoms with Gasteiger partial charge in [-0.2, -0.15) is 10.2 Å². The fourth-order valence-corrected chi connectivity index (χ4v) is 0.356. The molecule has 0 amide bonds. The lowest BCUT2D eigenvalue weighted by Gasteiger charge is -1.94. The molecule has 0 atom stereocenters. The van der Waals surface area contributed by atoms with Gasteiger partial charge in [-0.25, -0.2) is 5.43 Å². The quantitative estimate of drug-likeness (QED) is 0.211. The number of rotatable bonds is 3. The Labute approximate surface area is 92.7 Å². The Morgan fingerprint density at radius 2 is 1.87 bits per heavy atom. The first-order valence-electron chi connectivity index (χ1n) is 3.28. The molecule has 0 unspecified atom stereocenters. The van der Waals surface area contributed by atoms with Crippen LogP contribution in [0.3, 0.4) is 0 Å². The SMILES string of the molecule is CC(C=NN=C(N)N)=NNC(=N)N.Cl.O. The minimum atomic E-state index is -0.255. The number of nitrogens with one attached hydrogen (secondary N) is 2. The molecule has 0 spiro atoms. The highest BCUT2D eigenvalue weighted by atomic mass is 35.5. The molecule has 0 heterocycles. The fraction of sp³-hybridized carbons (Fsp3) is 0.200. The van der Waals surface area contributed by atoms with Gasteiger partial charge in [0.25, 0.3) is 0 Å². The Kier molecular flexibility index (Phi) is 12.8. The molecule has 10 N–H and O–H groups in total. The van der Waals surface area contributed by atoms with Crippen LogP contribution < -0.4 is 22.6 Å². The number of hydrogen-bond acceptors (Lipinski definition) is 4. The van der Waals surface area contributed by atoms with Gasteiger partial charge in [0.05, 0.1) is 11.9 Å². The number of guanidine groups is 2. The third-order valence-electron chi connectivity index (χ3n) is 0.770. The first kappa shape index (κ1) is 18.8. The predicted octanol–water partition coefficient (Wildman–Crippen LogP) is -2.30. The molecule has 0 aromatic rings. The van der Waals surface area contributed by atoms with E-state index in [1.54, 1.807) is 6.92 Å². The van der Waals surface area contributed by atoms with Gasteiger partial charge in [0.2, 0.25) is 11.9 Å². The first-order chi connectivity index (χ1) is 6.02. The summed E-state index contributed by atoms with van der Waals surface area (Å²) in [5.41, 5.74) is 17.7. The molecule has 88 valence electrons. The maximum atomic E-state index is 6.78. The third-order valence-corrected chi connectivity index (χ3v) is 0.770. The summed E-state index contributed by atoms with van der Waals surface area (Å²) in [5.74, 6) is -0.391. The van der Waals surface area contributed by atoms with Crippen molar-refractivity contribution in [3.05, 3.63) is 0 Å². The summed E-state index contributed by atoms with van der Waals surface area (Å²) >= 11 is 0. The molecule has 0 saturated carbocycles. The van der Waals surface area contributed by atoms with Gasteiger partial charge in [-0.1, -0.05) is 0 Å². The zero-order chi connectivity index (χ0) is 10.3. The summed E-state index contributed by atoms with van der Waals surface area (Å²) in [6.07, 6.45) is 1.32. The first-order valence-corrected chi connectivity index (χ1v) is 3.28. The van der Waals surface area contributed by atoms with Crippen molar-refractivity contribution in [2.24, 2.45) is 32.5 Å². The van der Waals surface area contributed by atoms with Crippen LogP contribution in [0.5, 0.6) is 0 Å². The number of hydrazone groups is 1. The average molecular weight is 239 g/mol. The van der Waals surface area contributed by atoms with Crippen molar-refractivity contribution in [2.75, 3.05) is 0 Å². The maximum Gasteiger partial charge on any atom is 0.211 e. The molecule has 0 aromatic carbocycles. The van der Waals surface area contributed by atoms with E-state index in [-0.39, 0.29) is 29.8 Å². The largest absolute Gasteiger partial charge is 0.412 e. The standard InChI is InChI=1S/C5H12N8.ClH.H2O/c1-3(11-13-5(8)9)2-10-12-4(6)7;;/h2H,1H3,(H4,6,7,12)(H4,8,9,13);1H;1H2. The van der Waals surface area contributed by atoms with Gasteiger partial charge in [-0.15, -0.1) is 17.5 Å². The Bertz CT molecular complexity index is 268. The molecule has 0 aliphatic heterocycles. The Morgan fingerprint density at radius 3 is 2.27 bits per heavy atom. The molecular formula is C5H15ClN8O. The van der Waals surface area contributed by atoms with Crippen LogP contribution in [0.2, 0.25) is 0 Å². The number of nitrogens with zero attached hydrogens (tertiary/aromatic N) is 3. The fourth-order valence-electron chi connectivity index (χ4n) is 0.356. The van der Waals surface area contributed by atoms with Crippen molar-refractivity contribution in [1.82, 2.24) is 5.43 Å². The zero-order valence-electron chi connectivity index (χ0n) is 8.06. The number of halogens is 1. The summed E-state index contributed by atoms with van der Waals surface area (Å²) in [4.78, 5) is 0. The van der Waals surface area contributed by atoms with Crippen molar-refractivity contribution in [2.45, 2.75) is 6.92 Å². The Morgan fingerprint density at radius 1 is 1.33 bits per heavy atom. The molecule has 0 aromatic heterocycles. The van der Waals surface area contributed by atoms with E-state index >= 15 is 0 Å². The summed E-state index contributed by atoms with van der Waals surface area (Å²) in [6.45, 7) is 1.64. The van der Waals surface area contributed by atoms with Gasteiger partial charge < -0.3 is 22.7 Å². The normalized spacial score (nSPS) is 9.80. The summed E-state index contributed by atoms with van der Waals surface area (Å²) < 4.78 is 0. The van der Waals surface area contributed by atoms with Crippen molar-refractivity contribution < 1.29 is 5.48 Å². The average Bonchev–Trinajstić information content (AvgIpc) is 2.00. The molecular weight excluding hydrogens is 224 g/mol. The topological polar surface area (TPSA) is 183 Å².